The van der Waals surface area contributed by atoms with Crippen molar-refractivity contribution >= 4 is 22.4 Å². The van der Waals surface area contributed by atoms with Crippen LogP contribution in [0.5, 0.6) is 0 Å². The summed E-state index contributed by atoms with van der Waals surface area (Å²) in [5.41, 5.74) is 1.01. The molecule has 0 amide bonds. The molecule has 18 heavy (non-hydrogen) atoms. The van der Waals surface area contributed by atoms with Gasteiger partial charge >= 0.3 is 0 Å². The third-order valence-corrected chi connectivity index (χ3v) is 3.36. The zero-order valence-corrected chi connectivity index (χ0v) is 9.68. The van der Waals surface area contributed by atoms with Gasteiger partial charge in [0.25, 0.3) is 5.69 Å². The van der Waals surface area contributed by atoms with Gasteiger partial charge in [0.1, 0.15) is 5.52 Å². The lowest BCUT2D eigenvalue weighted by atomic mass is 10.0. The van der Waals surface area contributed by atoms with Crippen molar-refractivity contribution in [2.24, 2.45) is 5.92 Å². The van der Waals surface area contributed by atoms with E-state index in [1.807, 2.05) is 0 Å². The number of nitrogens with zero attached hydrogens (tertiary/aromatic N) is 1. The van der Waals surface area contributed by atoms with Crippen LogP contribution in [0.15, 0.2) is 24.4 Å². The summed E-state index contributed by atoms with van der Waals surface area (Å²) in [5.74, 6) is 0.588. The summed E-state index contributed by atoms with van der Waals surface area (Å²) in [6.07, 6.45) is 4.38. The summed E-state index contributed by atoms with van der Waals surface area (Å²) in [5, 5.41) is 11.5. The molecule has 92 valence electrons. The van der Waals surface area contributed by atoms with Gasteiger partial charge in [-0.25, -0.2) is 0 Å². The van der Waals surface area contributed by atoms with Crippen molar-refractivity contribution in [2.75, 3.05) is 0 Å². The van der Waals surface area contributed by atoms with Crippen molar-refractivity contribution in [1.29, 1.82) is 0 Å². The largest absolute Gasteiger partial charge is 0.355 e. The molecule has 0 aliphatic heterocycles. The topological polar surface area (TPSA) is 76.0 Å². The molecule has 1 aliphatic carbocycles. The van der Waals surface area contributed by atoms with Crippen molar-refractivity contribution in [3.8, 4) is 0 Å². The number of carbonyl (C=O) groups excluding carboxylic acids is 1. The number of H-pyrrole nitrogens is 1. The Morgan fingerprint density at radius 2 is 2.22 bits per heavy atom. The Balaban J connectivity index is 2.05. The highest BCUT2D eigenvalue weighted by Crippen LogP contribution is 2.35. The van der Waals surface area contributed by atoms with E-state index in [0.717, 1.165) is 12.8 Å². The molecule has 1 saturated carbocycles. The first-order valence-electron chi connectivity index (χ1n) is 5.94. The molecule has 1 aromatic heterocycles. The number of hydrogen-bond donors (Lipinski definition) is 1. The standard InChI is InChI=1S/C13H12N2O3/c16-12(6-8-4-5-8)10-7-14-13-9(10)2-1-3-11(13)15(17)18/h1-3,7-8,14H,4-6H2. The number of nitro groups is 1. The molecule has 0 spiro atoms. The number of hydrogen-bond acceptors (Lipinski definition) is 3. The molecule has 1 aliphatic rings. The zero-order chi connectivity index (χ0) is 12.7. The van der Waals surface area contributed by atoms with E-state index in [1.54, 1.807) is 18.3 Å². The lowest BCUT2D eigenvalue weighted by molar-refractivity contribution is -0.383. The Labute approximate surface area is 103 Å². The maximum absolute atomic E-state index is 12.1. The van der Waals surface area contributed by atoms with E-state index in [0.29, 0.717) is 28.8 Å². The van der Waals surface area contributed by atoms with Crippen LogP contribution in [0.1, 0.15) is 29.6 Å². The van der Waals surface area contributed by atoms with E-state index in [1.165, 1.54) is 6.07 Å². The fraction of sp³-hybridized carbons (Fsp3) is 0.308. The molecule has 5 nitrogen and oxygen atoms in total. The van der Waals surface area contributed by atoms with Gasteiger partial charge in [-0.05, 0) is 18.8 Å². The third kappa shape index (κ3) is 1.77. The molecule has 1 heterocycles. The predicted molar refractivity (Wildman–Crippen MR) is 66.6 cm³/mol. The second-order valence-corrected chi connectivity index (χ2v) is 4.73. The smallest absolute Gasteiger partial charge is 0.293 e. The van der Waals surface area contributed by atoms with E-state index in [4.69, 9.17) is 0 Å². The molecule has 1 fully saturated rings. The van der Waals surface area contributed by atoms with Crippen LogP contribution >= 0.6 is 0 Å². The van der Waals surface area contributed by atoms with E-state index < -0.39 is 4.92 Å². The van der Waals surface area contributed by atoms with E-state index in [-0.39, 0.29) is 11.5 Å². The number of rotatable bonds is 4. The molecule has 0 bridgehead atoms. The van der Waals surface area contributed by atoms with E-state index in [9.17, 15) is 14.9 Å². The predicted octanol–water partition coefficient (Wildman–Crippen LogP) is 3.06. The molecule has 0 unspecified atom stereocenters. The average Bonchev–Trinajstić information content (AvgIpc) is 3.05. The van der Waals surface area contributed by atoms with E-state index in [2.05, 4.69) is 4.98 Å². The highest BCUT2D eigenvalue weighted by Gasteiger charge is 2.26. The molecule has 0 atom stereocenters. The Morgan fingerprint density at radius 3 is 2.89 bits per heavy atom. The Bertz CT molecular complexity index is 641. The minimum absolute atomic E-state index is 0.0120. The van der Waals surface area contributed by atoms with Gasteiger partial charge < -0.3 is 4.98 Å². The van der Waals surface area contributed by atoms with Crippen molar-refractivity contribution in [1.82, 2.24) is 4.98 Å². The van der Waals surface area contributed by atoms with Crippen LogP contribution < -0.4 is 0 Å². The molecule has 1 aromatic carbocycles. The molecule has 5 heteroatoms. The number of carbonyl (C=O) groups is 1. The van der Waals surface area contributed by atoms with Crippen LogP contribution in [-0.4, -0.2) is 15.7 Å². The molecule has 0 saturated heterocycles. The van der Waals surface area contributed by atoms with Gasteiger partial charge in [0.15, 0.2) is 5.78 Å². The molecular weight excluding hydrogens is 232 g/mol. The number of non-ortho nitro benzene ring substituents is 1. The maximum atomic E-state index is 12.1. The SMILES string of the molecule is O=C(CC1CC1)c1c[nH]c2c([N+](=O)[O-])cccc12. The Hall–Kier alpha value is -2.17. The lowest BCUT2D eigenvalue weighted by Gasteiger charge is -1.98. The molecule has 3 rings (SSSR count). The van der Waals surface area contributed by atoms with Crippen LogP contribution in [0.4, 0.5) is 5.69 Å². The fourth-order valence-electron chi connectivity index (χ4n) is 2.22. The number of ketones is 1. The number of para-hydroxylation sites is 1. The van der Waals surface area contributed by atoms with Crippen LogP contribution in [0.25, 0.3) is 10.9 Å². The summed E-state index contributed by atoms with van der Waals surface area (Å²) in [6.45, 7) is 0. The number of fused-ring (bicyclic) bond motifs is 1. The van der Waals surface area contributed by atoms with Gasteiger partial charge in [-0.3, -0.25) is 14.9 Å². The minimum atomic E-state index is -0.437. The van der Waals surface area contributed by atoms with Crippen molar-refractivity contribution in [3.63, 3.8) is 0 Å². The second kappa shape index (κ2) is 3.94. The monoisotopic (exact) mass is 244 g/mol. The maximum Gasteiger partial charge on any atom is 0.293 e. The third-order valence-electron chi connectivity index (χ3n) is 3.36. The number of benzene rings is 1. The Morgan fingerprint density at radius 1 is 1.44 bits per heavy atom. The fourth-order valence-corrected chi connectivity index (χ4v) is 2.22. The molecular formula is C13H12N2O3. The Kier molecular flexibility index (Phi) is 2.40. The normalized spacial score (nSPS) is 14.9. The minimum Gasteiger partial charge on any atom is -0.355 e. The van der Waals surface area contributed by atoms with Crippen LogP contribution in [0, 0.1) is 16.0 Å². The highest BCUT2D eigenvalue weighted by atomic mass is 16.6. The van der Waals surface area contributed by atoms with Gasteiger partial charge in [0.05, 0.1) is 4.92 Å². The second-order valence-electron chi connectivity index (χ2n) is 4.73. The zero-order valence-electron chi connectivity index (χ0n) is 9.68. The summed E-state index contributed by atoms with van der Waals surface area (Å²) >= 11 is 0. The van der Waals surface area contributed by atoms with Crippen molar-refractivity contribution in [3.05, 3.63) is 40.1 Å². The number of aromatic nitrogens is 1. The highest BCUT2D eigenvalue weighted by molar-refractivity contribution is 6.09. The summed E-state index contributed by atoms with van der Waals surface area (Å²) in [4.78, 5) is 25.4. The van der Waals surface area contributed by atoms with Gasteiger partial charge in [-0.1, -0.05) is 12.1 Å². The average molecular weight is 244 g/mol. The van der Waals surface area contributed by atoms with Crippen LogP contribution in [0.2, 0.25) is 0 Å². The van der Waals surface area contributed by atoms with E-state index >= 15 is 0 Å². The summed E-state index contributed by atoms with van der Waals surface area (Å²) < 4.78 is 0. The van der Waals surface area contributed by atoms with Crippen LogP contribution in [0.3, 0.4) is 0 Å². The summed E-state index contributed by atoms with van der Waals surface area (Å²) in [7, 11) is 0. The number of Topliss-reactive ketones (excluding diaryl/α,β-unsaturated/α-hetero) is 1. The first-order valence-corrected chi connectivity index (χ1v) is 5.94. The first kappa shape index (κ1) is 11.0. The lowest BCUT2D eigenvalue weighted by Crippen LogP contribution is -1.98. The number of nitrogens with one attached hydrogen (secondary N) is 1. The van der Waals surface area contributed by atoms with Gasteiger partial charge in [0.2, 0.25) is 0 Å². The number of aromatic amines is 1. The molecule has 1 N–H and O–H groups in total. The molecule has 0 radical (unpaired) electrons. The first-order chi connectivity index (χ1) is 8.66. The van der Waals surface area contributed by atoms with Crippen molar-refractivity contribution in [2.45, 2.75) is 19.3 Å². The molecule has 2 aromatic rings. The summed E-state index contributed by atoms with van der Waals surface area (Å²) in [6, 6.07) is 4.80. The van der Waals surface area contributed by atoms with Crippen molar-refractivity contribution < 1.29 is 9.72 Å². The van der Waals surface area contributed by atoms with Crippen LogP contribution in [-0.2, 0) is 0 Å². The number of nitro benzene ring substituents is 1. The quantitative estimate of drug-likeness (QED) is 0.510. The van der Waals surface area contributed by atoms with Gasteiger partial charge in [-0.2, -0.15) is 0 Å². The van der Waals surface area contributed by atoms with Gasteiger partial charge in [-0.15, -0.1) is 0 Å². The van der Waals surface area contributed by atoms with Gasteiger partial charge in [0, 0.05) is 29.6 Å².